The zero-order chi connectivity index (χ0) is 20.2. The van der Waals surface area contributed by atoms with Gasteiger partial charge in [0.1, 0.15) is 11.1 Å². The molecule has 0 aliphatic rings. The molecule has 3 aromatic carbocycles. The third kappa shape index (κ3) is 4.04. The number of benzene rings is 3. The number of nitrogens with two attached hydrogens (primary N) is 1. The summed E-state index contributed by atoms with van der Waals surface area (Å²) in [6, 6.07) is 24.8. The average Bonchev–Trinajstić information content (AvgIpc) is 2.74. The second-order valence-corrected chi connectivity index (χ2v) is 6.83. The van der Waals surface area contributed by atoms with Gasteiger partial charge in [0.15, 0.2) is 0 Å². The van der Waals surface area contributed by atoms with Gasteiger partial charge in [0, 0.05) is 6.54 Å². The van der Waals surface area contributed by atoms with E-state index in [1.807, 2.05) is 66.7 Å². The second-order valence-electron chi connectivity index (χ2n) is 6.83. The SMILES string of the molecule is Nc1oc2ccc(Cc3ccccc3)cc2c(=O)c1C(=O)NCc1ccccc1. The summed E-state index contributed by atoms with van der Waals surface area (Å²) < 4.78 is 5.57. The number of hydrogen-bond acceptors (Lipinski definition) is 4. The largest absolute Gasteiger partial charge is 0.440 e. The van der Waals surface area contributed by atoms with E-state index in [9.17, 15) is 9.59 Å². The van der Waals surface area contributed by atoms with Crippen molar-refractivity contribution in [2.45, 2.75) is 13.0 Å². The number of anilines is 1. The quantitative estimate of drug-likeness (QED) is 0.547. The molecule has 1 amide bonds. The van der Waals surface area contributed by atoms with Crippen LogP contribution in [0, 0.1) is 0 Å². The summed E-state index contributed by atoms with van der Waals surface area (Å²) in [4.78, 5) is 25.6. The lowest BCUT2D eigenvalue weighted by Gasteiger charge is -2.09. The number of hydrogen-bond donors (Lipinski definition) is 2. The smallest absolute Gasteiger partial charge is 0.261 e. The topological polar surface area (TPSA) is 85.3 Å². The molecule has 5 nitrogen and oxygen atoms in total. The molecule has 1 heterocycles. The van der Waals surface area contributed by atoms with Gasteiger partial charge in [0.25, 0.3) is 5.91 Å². The minimum absolute atomic E-state index is 0.162. The minimum atomic E-state index is -0.546. The predicted molar refractivity (Wildman–Crippen MR) is 114 cm³/mol. The van der Waals surface area contributed by atoms with E-state index >= 15 is 0 Å². The van der Waals surface area contributed by atoms with Crippen LogP contribution in [-0.4, -0.2) is 5.91 Å². The summed E-state index contributed by atoms with van der Waals surface area (Å²) >= 11 is 0. The molecule has 0 fully saturated rings. The number of nitrogen functional groups attached to an aromatic ring is 1. The highest BCUT2D eigenvalue weighted by Gasteiger charge is 2.19. The lowest BCUT2D eigenvalue weighted by molar-refractivity contribution is 0.0949. The van der Waals surface area contributed by atoms with E-state index in [1.165, 1.54) is 0 Å². The Bertz CT molecular complexity index is 1220. The molecule has 0 unspecified atom stereocenters. The van der Waals surface area contributed by atoms with E-state index in [0.717, 1.165) is 16.7 Å². The van der Waals surface area contributed by atoms with Crippen molar-refractivity contribution in [3.63, 3.8) is 0 Å². The maximum Gasteiger partial charge on any atom is 0.261 e. The molecule has 0 bridgehead atoms. The van der Waals surface area contributed by atoms with Gasteiger partial charge in [-0.15, -0.1) is 0 Å². The second kappa shape index (κ2) is 8.02. The molecule has 5 heteroatoms. The fraction of sp³-hybridized carbons (Fsp3) is 0.0833. The monoisotopic (exact) mass is 384 g/mol. The summed E-state index contributed by atoms with van der Waals surface area (Å²) in [5.41, 5.74) is 8.68. The van der Waals surface area contributed by atoms with Gasteiger partial charge in [-0.1, -0.05) is 66.7 Å². The van der Waals surface area contributed by atoms with Gasteiger partial charge < -0.3 is 15.5 Å². The van der Waals surface area contributed by atoms with Crippen molar-refractivity contribution in [1.82, 2.24) is 5.32 Å². The zero-order valence-corrected chi connectivity index (χ0v) is 15.7. The lowest BCUT2D eigenvalue weighted by Crippen LogP contribution is -2.29. The van der Waals surface area contributed by atoms with Crippen LogP contribution in [0.1, 0.15) is 27.0 Å². The Kier molecular flexibility index (Phi) is 5.12. The van der Waals surface area contributed by atoms with E-state index < -0.39 is 11.3 Å². The Hall–Kier alpha value is -3.86. The Morgan fingerprint density at radius 2 is 1.52 bits per heavy atom. The first-order valence-electron chi connectivity index (χ1n) is 9.33. The summed E-state index contributed by atoms with van der Waals surface area (Å²) in [6.45, 7) is 0.296. The molecule has 0 saturated heterocycles. The number of fused-ring (bicyclic) bond motifs is 1. The highest BCUT2D eigenvalue weighted by atomic mass is 16.3. The summed E-state index contributed by atoms with van der Waals surface area (Å²) in [6.07, 6.45) is 0.677. The van der Waals surface area contributed by atoms with E-state index in [4.69, 9.17) is 10.2 Å². The van der Waals surface area contributed by atoms with Crippen molar-refractivity contribution in [3.8, 4) is 0 Å². The maximum absolute atomic E-state index is 13.0. The van der Waals surface area contributed by atoms with Crippen LogP contribution in [0.15, 0.2) is 88.1 Å². The van der Waals surface area contributed by atoms with Crippen LogP contribution in [0.4, 0.5) is 5.88 Å². The van der Waals surface area contributed by atoms with Crippen LogP contribution in [0.2, 0.25) is 0 Å². The number of carbonyl (C=O) groups excluding carboxylic acids is 1. The van der Waals surface area contributed by atoms with Crippen LogP contribution < -0.4 is 16.5 Å². The number of amides is 1. The molecule has 1 aromatic heterocycles. The van der Waals surface area contributed by atoms with Gasteiger partial charge in [-0.25, -0.2) is 0 Å². The molecule has 29 heavy (non-hydrogen) atoms. The van der Waals surface area contributed by atoms with E-state index in [2.05, 4.69) is 5.32 Å². The molecule has 0 aliphatic carbocycles. The van der Waals surface area contributed by atoms with Crippen molar-refractivity contribution >= 4 is 22.8 Å². The van der Waals surface area contributed by atoms with E-state index in [0.29, 0.717) is 23.9 Å². The van der Waals surface area contributed by atoms with Crippen molar-refractivity contribution in [1.29, 1.82) is 0 Å². The van der Waals surface area contributed by atoms with Gasteiger partial charge >= 0.3 is 0 Å². The van der Waals surface area contributed by atoms with Gasteiger partial charge in [0.05, 0.1) is 5.39 Å². The fourth-order valence-electron chi connectivity index (χ4n) is 3.28. The van der Waals surface area contributed by atoms with Crippen molar-refractivity contribution in [2.24, 2.45) is 0 Å². The zero-order valence-electron chi connectivity index (χ0n) is 15.7. The highest BCUT2D eigenvalue weighted by molar-refractivity contribution is 6.00. The molecule has 0 aliphatic heterocycles. The molecule has 4 aromatic rings. The average molecular weight is 384 g/mol. The van der Waals surface area contributed by atoms with Crippen molar-refractivity contribution < 1.29 is 9.21 Å². The standard InChI is InChI=1S/C24H20N2O3/c25-23-21(24(28)26-15-17-9-5-2-6-10-17)22(27)19-14-18(11-12-20(19)29-23)13-16-7-3-1-4-8-16/h1-12,14H,13,15,25H2,(H,26,28). The third-order valence-corrected chi connectivity index (χ3v) is 4.76. The molecule has 4 rings (SSSR count). The Morgan fingerprint density at radius 3 is 2.21 bits per heavy atom. The van der Waals surface area contributed by atoms with Gasteiger partial charge in [0.2, 0.25) is 11.3 Å². The molecule has 0 spiro atoms. The lowest BCUT2D eigenvalue weighted by atomic mass is 10.0. The van der Waals surface area contributed by atoms with Crippen molar-refractivity contribution in [2.75, 3.05) is 5.73 Å². The minimum Gasteiger partial charge on any atom is -0.440 e. The predicted octanol–water partition coefficient (Wildman–Crippen LogP) is 3.90. The molecule has 0 atom stereocenters. The third-order valence-electron chi connectivity index (χ3n) is 4.76. The summed E-state index contributed by atoms with van der Waals surface area (Å²) in [7, 11) is 0. The molecule has 144 valence electrons. The molecule has 3 N–H and O–H groups in total. The Labute approximate surface area is 167 Å². The first kappa shape index (κ1) is 18.5. The molecule has 0 saturated carbocycles. The van der Waals surface area contributed by atoms with Crippen LogP contribution in [0.25, 0.3) is 11.0 Å². The molecule has 0 radical (unpaired) electrons. The first-order valence-corrected chi connectivity index (χ1v) is 9.33. The normalized spacial score (nSPS) is 10.8. The Balaban J connectivity index is 1.65. The summed E-state index contributed by atoms with van der Waals surface area (Å²) in [5, 5.41) is 3.08. The van der Waals surface area contributed by atoms with Crippen LogP contribution in [-0.2, 0) is 13.0 Å². The van der Waals surface area contributed by atoms with Gasteiger partial charge in [-0.2, -0.15) is 0 Å². The van der Waals surface area contributed by atoms with Crippen LogP contribution >= 0.6 is 0 Å². The molecular weight excluding hydrogens is 364 g/mol. The van der Waals surface area contributed by atoms with Crippen LogP contribution in [0.3, 0.4) is 0 Å². The maximum atomic E-state index is 13.0. The number of nitrogens with one attached hydrogen (secondary N) is 1. The molecular formula is C24H20N2O3. The number of rotatable bonds is 5. The van der Waals surface area contributed by atoms with E-state index in [-0.39, 0.29) is 11.4 Å². The van der Waals surface area contributed by atoms with Crippen LogP contribution in [0.5, 0.6) is 0 Å². The van der Waals surface area contributed by atoms with Gasteiger partial charge in [-0.3, -0.25) is 9.59 Å². The van der Waals surface area contributed by atoms with E-state index in [1.54, 1.807) is 12.1 Å². The Morgan fingerprint density at radius 1 is 0.862 bits per heavy atom. The highest BCUT2D eigenvalue weighted by Crippen LogP contribution is 2.20. The van der Waals surface area contributed by atoms with Gasteiger partial charge in [-0.05, 0) is 35.2 Å². The fourth-order valence-corrected chi connectivity index (χ4v) is 3.28. The number of carbonyl (C=O) groups is 1. The first-order chi connectivity index (χ1) is 14.1. The van der Waals surface area contributed by atoms with Crippen molar-refractivity contribution in [3.05, 3.63) is 111 Å². The summed E-state index contributed by atoms with van der Waals surface area (Å²) in [5.74, 6) is -0.723.